The van der Waals surface area contributed by atoms with Crippen molar-refractivity contribution in [2.24, 2.45) is 0 Å². The molecule has 0 aliphatic carbocycles. The first-order valence-electron chi connectivity index (χ1n) is 8.59. The second-order valence-electron chi connectivity index (χ2n) is 5.83. The smallest absolute Gasteiger partial charge is 0.192 e. The fraction of sp³-hybridized carbons (Fsp3) is 0.190. The molecule has 0 spiro atoms. The fourth-order valence-electron chi connectivity index (χ4n) is 2.78. The minimum atomic E-state index is 0.568. The van der Waals surface area contributed by atoms with E-state index in [-0.39, 0.29) is 0 Å². The third-order valence-corrected chi connectivity index (χ3v) is 5.18. The molecule has 0 aliphatic heterocycles. The molecular weight excluding hydrogens is 372 g/mol. The van der Waals surface area contributed by atoms with Gasteiger partial charge in [0.15, 0.2) is 22.5 Å². The van der Waals surface area contributed by atoms with Crippen LogP contribution in [-0.4, -0.2) is 29.0 Å². The SMILES string of the molecule is C=CCn1c(SCc2ccccc2C#N)nnc1-c1ccc(OC)c(OC)c1. The Bertz CT molecular complexity index is 1020. The Hall–Kier alpha value is -3.24. The van der Waals surface area contributed by atoms with E-state index in [9.17, 15) is 5.26 Å². The van der Waals surface area contributed by atoms with Crippen LogP contribution in [0, 0.1) is 11.3 Å². The number of aromatic nitrogens is 3. The Kier molecular flexibility index (Phi) is 6.35. The predicted octanol–water partition coefficient (Wildman–Crippen LogP) is 4.31. The number of hydrogen-bond donors (Lipinski definition) is 0. The molecule has 3 rings (SSSR count). The molecule has 7 heteroatoms. The summed E-state index contributed by atoms with van der Waals surface area (Å²) in [5.41, 5.74) is 2.51. The Morgan fingerprint density at radius 3 is 2.64 bits per heavy atom. The van der Waals surface area contributed by atoms with Crippen molar-refractivity contribution < 1.29 is 9.47 Å². The predicted molar refractivity (Wildman–Crippen MR) is 109 cm³/mol. The van der Waals surface area contributed by atoms with Gasteiger partial charge in [-0.05, 0) is 29.8 Å². The van der Waals surface area contributed by atoms with Crippen molar-refractivity contribution in [3.63, 3.8) is 0 Å². The van der Waals surface area contributed by atoms with Gasteiger partial charge in [-0.2, -0.15) is 5.26 Å². The van der Waals surface area contributed by atoms with Gasteiger partial charge in [-0.3, -0.25) is 4.57 Å². The third kappa shape index (κ3) is 4.02. The van der Waals surface area contributed by atoms with Gasteiger partial charge in [0, 0.05) is 17.9 Å². The molecule has 1 aromatic heterocycles. The summed E-state index contributed by atoms with van der Waals surface area (Å²) < 4.78 is 12.7. The van der Waals surface area contributed by atoms with E-state index >= 15 is 0 Å². The molecule has 0 aliphatic rings. The Morgan fingerprint density at radius 1 is 1.14 bits per heavy atom. The van der Waals surface area contributed by atoms with Gasteiger partial charge in [0.25, 0.3) is 0 Å². The van der Waals surface area contributed by atoms with Crippen molar-refractivity contribution in [1.82, 2.24) is 14.8 Å². The molecule has 2 aromatic carbocycles. The molecule has 0 saturated carbocycles. The molecule has 0 amide bonds. The summed E-state index contributed by atoms with van der Waals surface area (Å²) in [6.07, 6.45) is 1.81. The van der Waals surface area contributed by atoms with Crippen LogP contribution in [0.4, 0.5) is 0 Å². The molecule has 0 bridgehead atoms. The number of thioether (sulfide) groups is 1. The van der Waals surface area contributed by atoms with Gasteiger partial charge in [-0.15, -0.1) is 16.8 Å². The lowest BCUT2D eigenvalue weighted by Gasteiger charge is -2.11. The molecule has 0 radical (unpaired) electrons. The Labute approximate surface area is 168 Å². The number of benzene rings is 2. The van der Waals surface area contributed by atoms with Crippen LogP contribution in [0.2, 0.25) is 0 Å². The van der Waals surface area contributed by atoms with Gasteiger partial charge in [0.05, 0.1) is 25.9 Å². The minimum Gasteiger partial charge on any atom is -0.493 e. The second-order valence-corrected chi connectivity index (χ2v) is 6.78. The minimum absolute atomic E-state index is 0.568. The molecule has 0 saturated heterocycles. The highest BCUT2D eigenvalue weighted by Crippen LogP contribution is 2.33. The summed E-state index contributed by atoms with van der Waals surface area (Å²) >= 11 is 1.54. The molecule has 3 aromatic rings. The third-order valence-electron chi connectivity index (χ3n) is 4.16. The highest BCUT2D eigenvalue weighted by molar-refractivity contribution is 7.98. The molecule has 1 heterocycles. The normalized spacial score (nSPS) is 10.3. The average Bonchev–Trinajstić information content (AvgIpc) is 3.14. The molecule has 142 valence electrons. The highest BCUT2D eigenvalue weighted by Gasteiger charge is 2.16. The number of ether oxygens (including phenoxy) is 2. The summed E-state index contributed by atoms with van der Waals surface area (Å²) in [4.78, 5) is 0. The molecule has 28 heavy (non-hydrogen) atoms. The maximum absolute atomic E-state index is 9.27. The number of nitriles is 1. The molecule has 0 atom stereocenters. The van der Waals surface area contributed by atoms with E-state index in [2.05, 4.69) is 22.8 Å². The standard InChI is InChI=1S/C21H20N4O2S/c1-4-11-25-20(15-9-10-18(26-2)19(12-15)27-3)23-24-21(25)28-14-17-8-6-5-7-16(17)13-22/h4-10,12H,1,11,14H2,2-3H3. The van der Waals surface area contributed by atoms with E-state index in [0.717, 1.165) is 22.1 Å². The summed E-state index contributed by atoms with van der Waals surface area (Å²) in [5, 5.41) is 18.8. The van der Waals surface area contributed by atoms with Crippen molar-refractivity contribution in [2.75, 3.05) is 14.2 Å². The lowest BCUT2D eigenvalue weighted by Crippen LogP contribution is -2.01. The number of methoxy groups -OCH3 is 2. The number of nitrogens with zero attached hydrogens (tertiary/aromatic N) is 4. The Morgan fingerprint density at radius 2 is 1.93 bits per heavy atom. The van der Waals surface area contributed by atoms with E-state index in [1.54, 1.807) is 20.3 Å². The lowest BCUT2D eigenvalue weighted by atomic mass is 10.1. The first kappa shape index (κ1) is 19.5. The zero-order valence-corrected chi connectivity index (χ0v) is 16.6. The fourth-order valence-corrected chi connectivity index (χ4v) is 3.73. The van der Waals surface area contributed by atoms with E-state index < -0.39 is 0 Å². The maximum atomic E-state index is 9.27. The summed E-state index contributed by atoms with van der Waals surface area (Å²) in [6, 6.07) is 15.4. The van der Waals surface area contributed by atoms with Gasteiger partial charge < -0.3 is 9.47 Å². The van der Waals surface area contributed by atoms with Crippen molar-refractivity contribution >= 4 is 11.8 Å². The highest BCUT2D eigenvalue weighted by atomic mass is 32.2. The van der Waals surface area contributed by atoms with Crippen LogP contribution in [0.25, 0.3) is 11.4 Å². The van der Waals surface area contributed by atoms with Crippen LogP contribution < -0.4 is 9.47 Å². The quantitative estimate of drug-likeness (QED) is 0.420. The van der Waals surface area contributed by atoms with Crippen molar-refractivity contribution in [2.45, 2.75) is 17.5 Å². The van der Waals surface area contributed by atoms with Crippen molar-refractivity contribution in [3.8, 4) is 29.0 Å². The van der Waals surface area contributed by atoms with E-state index in [1.807, 2.05) is 47.0 Å². The van der Waals surface area contributed by atoms with Gasteiger partial charge in [-0.1, -0.05) is 36.0 Å². The van der Waals surface area contributed by atoms with E-state index in [4.69, 9.17) is 9.47 Å². The van der Waals surface area contributed by atoms with Gasteiger partial charge in [-0.25, -0.2) is 0 Å². The molecule has 0 fully saturated rings. The van der Waals surface area contributed by atoms with E-state index in [0.29, 0.717) is 29.4 Å². The first-order valence-corrected chi connectivity index (χ1v) is 9.57. The molecule has 0 unspecified atom stereocenters. The maximum Gasteiger partial charge on any atom is 0.192 e. The first-order chi connectivity index (χ1) is 13.7. The van der Waals surface area contributed by atoms with Crippen LogP contribution in [0.1, 0.15) is 11.1 Å². The zero-order chi connectivity index (χ0) is 19.9. The van der Waals surface area contributed by atoms with E-state index in [1.165, 1.54) is 11.8 Å². The number of hydrogen-bond acceptors (Lipinski definition) is 6. The summed E-state index contributed by atoms with van der Waals surface area (Å²) in [6.45, 7) is 4.41. The van der Waals surface area contributed by atoms with Gasteiger partial charge in [0.1, 0.15) is 0 Å². The van der Waals surface area contributed by atoms with Gasteiger partial charge in [0.2, 0.25) is 0 Å². The van der Waals surface area contributed by atoms with Crippen LogP contribution >= 0.6 is 11.8 Å². The molecule has 6 nitrogen and oxygen atoms in total. The van der Waals surface area contributed by atoms with Crippen molar-refractivity contribution in [3.05, 3.63) is 66.2 Å². The van der Waals surface area contributed by atoms with Crippen LogP contribution in [0.15, 0.2) is 60.3 Å². The van der Waals surface area contributed by atoms with Crippen LogP contribution in [0.3, 0.4) is 0 Å². The van der Waals surface area contributed by atoms with Gasteiger partial charge >= 0.3 is 0 Å². The monoisotopic (exact) mass is 392 g/mol. The summed E-state index contributed by atoms with van der Waals surface area (Å²) in [5.74, 6) is 2.64. The van der Waals surface area contributed by atoms with Crippen molar-refractivity contribution in [1.29, 1.82) is 5.26 Å². The summed E-state index contributed by atoms with van der Waals surface area (Å²) in [7, 11) is 3.20. The largest absolute Gasteiger partial charge is 0.493 e. The zero-order valence-electron chi connectivity index (χ0n) is 15.8. The average molecular weight is 392 g/mol. The Balaban J connectivity index is 1.92. The second kappa shape index (κ2) is 9.11. The number of allylic oxidation sites excluding steroid dienone is 1. The molecule has 0 N–H and O–H groups in total. The topological polar surface area (TPSA) is 73.0 Å². The number of rotatable bonds is 8. The molecular formula is C21H20N4O2S. The van der Waals surface area contributed by atoms with Crippen LogP contribution in [-0.2, 0) is 12.3 Å². The van der Waals surface area contributed by atoms with Crippen LogP contribution in [0.5, 0.6) is 11.5 Å². The lowest BCUT2D eigenvalue weighted by molar-refractivity contribution is 0.355.